The number of hydrogen-bond donors (Lipinski definition) is 2. The van der Waals surface area contributed by atoms with Gasteiger partial charge in [-0.15, -0.1) is 11.3 Å². The topological polar surface area (TPSA) is 73.2 Å². The molecule has 49 heavy (non-hydrogen) atoms. The average Bonchev–Trinajstić information content (AvgIpc) is 3.65. The van der Waals surface area contributed by atoms with E-state index in [2.05, 4.69) is 72.2 Å². The molecule has 2 heterocycles. The minimum absolute atomic E-state index is 0.0244. The largest absolute Gasteiger partial charge is 0.495 e. The number of methoxy groups -OCH3 is 1. The Morgan fingerprint density at radius 3 is 2.55 bits per heavy atom. The molecule has 258 valence electrons. The molecule has 0 radical (unpaired) electrons. The lowest BCUT2D eigenvalue weighted by Crippen LogP contribution is -2.56. The number of ketones is 1. The molecule has 8 rings (SSSR count). The van der Waals surface area contributed by atoms with E-state index in [1.807, 2.05) is 30.3 Å². The lowest BCUT2D eigenvalue weighted by Gasteiger charge is -2.47. The fourth-order valence-electron chi connectivity index (χ4n) is 8.83. The van der Waals surface area contributed by atoms with E-state index in [-0.39, 0.29) is 11.7 Å². The molecule has 1 saturated carbocycles. The Kier molecular flexibility index (Phi) is 9.73. The third-order valence-electron chi connectivity index (χ3n) is 11.8. The van der Waals surface area contributed by atoms with Crippen molar-refractivity contribution in [1.82, 2.24) is 4.90 Å². The second kappa shape index (κ2) is 14.0. The van der Waals surface area contributed by atoms with E-state index in [0.717, 1.165) is 95.0 Å². The summed E-state index contributed by atoms with van der Waals surface area (Å²) in [4.78, 5) is 20.1. The first-order valence-electron chi connectivity index (χ1n) is 18.0. The average molecular weight is 679 g/mol. The SMILES string of the molecule is COc1ccccc1N1CCN(C[C@]2(O)CC[C@H]3c4ccc(cc4C(=O)c4cc5ccccc5s4)C[C@@H](O)CCC(C)=CCC[C@@]32C)CC1. The van der Waals surface area contributed by atoms with E-state index in [1.165, 1.54) is 5.57 Å². The van der Waals surface area contributed by atoms with Gasteiger partial charge in [0, 0.05) is 48.4 Å². The van der Waals surface area contributed by atoms with Crippen LogP contribution in [0.2, 0.25) is 0 Å². The summed E-state index contributed by atoms with van der Waals surface area (Å²) in [6.07, 6.45) is 7.11. The van der Waals surface area contributed by atoms with Gasteiger partial charge in [-0.1, -0.05) is 61.0 Å². The van der Waals surface area contributed by atoms with Crippen LogP contribution in [-0.4, -0.2) is 72.4 Å². The summed E-state index contributed by atoms with van der Waals surface area (Å²) in [6.45, 7) is 8.55. The molecule has 3 aromatic carbocycles. The molecular weight excluding hydrogens is 629 g/mol. The van der Waals surface area contributed by atoms with Crippen molar-refractivity contribution in [3.8, 4) is 5.75 Å². The molecule has 4 aliphatic rings. The highest BCUT2D eigenvalue weighted by Gasteiger charge is 2.57. The second-order valence-electron chi connectivity index (χ2n) is 14.9. The maximum Gasteiger partial charge on any atom is 0.203 e. The zero-order valence-corrected chi connectivity index (χ0v) is 30.0. The molecule has 6 nitrogen and oxygen atoms in total. The summed E-state index contributed by atoms with van der Waals surface area (Å²) in [5.74, 6) is 0.960. The molecule has 3 aliphatic carbocycles. The van der Waals surface area contributed by atoms with Crippen molar-refractivity contribution in [3.05, 3.63) is 106 Å². The van der Waals surface area contributed by atoms with Crippen LogP contribution >= 0.6 is 11.3 Å². The van der Waals surface area contributed by atoms with Crippen LogP contribution in [0, 0.1) is 5.41 Å². The predicted molar refractivity (Wildman–Crippen MR) is 200 cm³/mol. The van der Waals surface area contributed by atoms with Crippen LogP contribution in [0.25, 0.3) is 10.1 Å². The third kappa shape index (κ3) is 6.71. The van der Waals surface area contributed by atoms with Crippen molar-refractivity contribution in [3.63, 3.8) is 0 Å². The van der Waals surface area contributed by atoms with E-state index in [1.54, 1.807) is 18.4 Å². The van der Waals surface area contributed by atoms with Gasteiger partial charge in [-0.2, -0.15) is 0 Å². The first kappa shape index (κ1) is 34.0. The fraction of sp³-hybridized carbons (Fsp3) is 0.452. The van der Waals surface area contributed by atoms with Crippen molar-refractivity contribution in [2.24, 2.45) is 5.41 Å². The molecule has 0 unspecified atom stereocenters. The van der Waals surface area contributed by atoms with Crippen molar-refractivity contribution < 1.29 is 19.7 Å². The van der Waals surface area contributed by atoms with Crippen LogP contribution in [0.15, 0.2) is 84.4 Å². The van der Waals surface area contributed by atoms with Crippen LogP contribution < -0.4 is 9.64 Å². The van der Waals surface area contributed by atoms with Gasteiger partial charge >= 0.3 is 0 Å². The molecule has 2 fully saturated rings. The monoisotopic (exact) mass is 678 g/mol. The number of piperazine rings is 1. The molecule has 4 aromatic rings. The Morgan fingerprint density at radius 1 is 0.980 bits per heavy atom. The number of thiophene rings is 1. The van der Waals surface area contributed by atoms with Gasteiger partial charge in [-0.05, 0) is 105 Å². The summed E-state index contributed by atoms with van der Waals surface area (Å²) >= 11 is 1.55. The lowest BCUT2D eigenvalue weighted by molar-refractivity contribution is -0.0841. The first-order chi connectivity index (χ1) is 23.7. The van der Waals surface area contributed by atoms with Crippen LogP contribution in [0.5, 0.6) is 5.75 Å². The number of carbonyl (C=O) groups excluding carboxylic acids is 1. The van der Waals surface area contributed by atoms with E-state index >= 15 is 0 Å². The number of fused-ring (bicyclic) bond motifs is 9. The Hall–Kier alpha value is -3.49. The Balaban J connectivity index is 1.21. The summed E-state index contributed by atoms with van der Waals surface area (Å²) in [5.41, 5.74) is 3.82. The fourth-order valence-corrected chi connectivity index (χ4v) is 9.85. The normalized spacial score (nSPS) is 26.7. The van der Waals surface area contributed by atoms with Gasteiger partial charge in [0.25, 0.3) is 0 Å². The van der Waals surface area contributed by atoms with Crippen molar-refractivity contribution in [2.75, 3.05) is 44.7 Å². The number of ether oxygens (including phenoxy) is 1. The van der Waals surface area contributed by atoms with E-state index in [4.69, 9.17) is 4.74 Å². The van der Waals surface area contributed by atoms with Crippen molar-refractivity contribution in [2.45, 2.75) is 76.4 Å². The van der Waals surface area contributed by atoms with Crippen molar-refractivity contribution in [1.29, 1.82) is 0 Å². The summed E-state index contributed by atoms with van der Waals surface area (Å²) in [7, 11) is 1.73. The lowest BCUT2D eigenvalue weighted by atomic mass is 9.64. The highest BCUT2D eigenvalue weighted by Crippen LogP contribution is 2.59. The number of hydrogen-bond acceptors (Lipinski definition) is 7. The third-order valence-corrected chi connectivity index (χ3v) is 13.0. The van der Waals surface area contributed by atoms with Gasteiger partial charge in [0.2, 0.25) is 5.78 Å². The first-order valence-corrected chi connectivity index (χ1v) is 18.8. The number of carbonyl (C=O) groups is 1. The molecule has 1 aliphatic heterocycles. The standard InChI is InChI=1S/C42H50N2O4S/c1-29-9-8-19-41(2)35(18-20-42(41,47)28-43-21-23-44(24-22-43)36-11-5-6-12-37(36)48-3)33-17-15-30(25-32(45)16-14-29)26-34(33)40(46)39-27-31-10-4-7-13-38(31)49-39/h4-7,9-13,15,17,26-27,32,35,45,47H,8,14,16,18-25,28H2,1-3H3/t32-,35-,41-,42+/m0/s1. The molecule has 4 atom stereocenters. The number of nitrogens with zero attached hydrogens (tertiary/aromatic N) is 2. The summed E-state index contributed by atoms with van der Waals surface area (Å²) < 4.78 is 6.76. The van der Waals surface area contributed by atoms with Gasteiger partial charge in [-0.3, -0.25) is 9.69 Å². The molecule has 1 saturated heterocycles. The van der Waals surface area contributed by atoms with Crippen LogP contribution in [0.1, 0.15) is 84.7 Å². The van der Waals surface area contributed by atoms with Crippen molar-refractivity contribution >= 4 is 32.9 Å². The number of benzene rings is 3. The second-order valence-corrected chi connectivity index (χ2v) is 15.9. The number of anilines is 1. The number of aliphatic hydroxyl groups excluding tert-OH is 1. The van der Waals surface area contributed by atoms with Crippen LogP contribution in [0.4, 0.5) is 5.69 Å². The van der Waals surface area contributed by atoms with Gasteiger partial charge in [0.1, 0.15) is 5.75 Å². The predicted octanol–water partition coefficient (Wildman–Crippen LogP) is 8.00. The van der Waals surface area contributed by atoms with Gasteiger partial charge in [-0.25, -0.2) is 0 Å². The number of allylic oxidation sites excluding steroid dienone is 2. The van der Waals surface area contributed by atoms with E-state index in [0.29, 0.717) is 25.8 Å². The van der Waals surface area contributed by atoms with E-state index in [9.17, 15) is 15.0 Å². The van der Waals surface area contributed by atoms with Gasteiger partial charge in [0.05, 0.1) is 29.4 Å². The highest BCUT2D eigenvalue weighted by molar-refractivity contribution is 7.21. The zero-order valence-electron chi connectivity index (χ0n) is 29.2. The minimum Gasteiger partial charge on any atom is -0.495 e. The van der Waals surface area contributed by atoms with Gasteiger partial charge in [0.15, 0.2) is 0 Å². The zero-order chi connectivity index (χ0) is 34.2. The molecule has 7 heteroatoms. The molecule has 2 bridgehead atoms. The number of β-amino-alcohol motifs (C(OH)–C–C–N with tert-alkyl or cyclic N) is 1. The molecule has 2 N–H and O–H groups in total. The smallest absolute Gasteiger partial charge is 0.203 e. The minimum atomic E-state index is -0.907. The summed E-state index contributed by atoms with van der Waals surface area (Å²) in [5, 5.41) is 24.9. The van der Waals surface area contributed by atoms with Gasteiger partial charge < -0.3 is 19.8 Å². The number of aliphatic hydroxyl groups is 2. The number of para-hydroxylation sites is 2. The number of rotatable bonds is 6. The molecule has 0 spiro atoms. The maximum absolute atomic E-state index is 14.5. The Labute approximate surface area is 295 Å². The highest BCUT2D eigenvalue weighted by atomic mass is 32.1. The Bertz CT molecular complexity index is 1810. The molecular formula is C42H50N2O4S. The Morgan fingerprint density at radius 2 is 1.76 bits per heavy atom. The summed E-state index contributed by atoms with van der Waals surface area (Å²) in [6, 6.07) is 24.7. The molecule has 1 aromatic heterocycles. The van der Waals surface area contributed by atoms with Crippen LogP contribution in [-0.2, 0) is 6.42 Å². The van der Waals surface area contributed by atoms with E-state index < -0.39 is 17.1 Å². The molecule has 0 amide bonds. The maximum atomic E-state index is 14.5. The quantitative estimate of drug-likeness (QED) is 0.159. The van der Waals surface area contributed by atoms with Crippen LogP contribution in [0.3, 0.4) is 0 Å².